The maximum atomic E-state index is 10.5. The molecule has 0 saturated carbocycles. The molecule has 0 aliphatic carbocycles. The monoisotopic (exact) mass is 180 g/mol. The standard InChI is InChI=1S/C8H6BClO2/c1-12-7-3-2-6(9)8(10)5(7)4-11/h2-4H,1H3. The van der Waals surface area contributed by atoms with Gasteiger partial charge in [-0.15, -0.1) is 0 Å². The lowest BCUT2D eigenvalue weighted by Gasteiger charge is -2.06. The lowest BCUT2D eigenvalue weighted by atomic mass is 9.94. The normalized spacial score (nSPS) is 9.50. The molecule has 2 radical (unpaired) electrons. The van der Waals surface area contributed by atoms with E-state index < -0.39 is 0 Å². The topological polar surface area (TPSA) is 26.3 Å². The molecule has 0 amide bonds. The fraction of sp³-hybridized carbons (Fsp3) is 0.125. The maximum Gasteiger partial charge on any atom is 0.155 e. The van der Waals surface area contributed by atoms with Crippen molar-refractivity contribution < 1.29 is 9.53 Å². The lowest BCUT2D eigenvalue weighted by molar-refractivity contribution is 0.112. The molecule has 0 heterocycles. The van der Waals surface area contributed by atoms with Gasteiger partial charge in [0.2, 0.25) is 0 Å². The second-order valence-electron chi connectivity index (χ2n) is 2.20. The third-order valence-corrected chi connectivity index (χ3v) is 1.93. The number of aldehydes is 1. The van der Waals surface area contributed by atoms with Crippen molar-refractivity contribution in [3.63, 3.8) is 0 Å². The van der Waals surface area contributed by atoms with Crippen LogP contribution in [-0.4, -0.2) is 21.2 Å². The molecule has 0 aromatic heterocycles. The second-order valence-corrected chi connectivity index (χ2v) is 2.58. The third-order valence-electron chi connectivity index (χ3n) is 1.51. The Morgan fingerprint density at radius 2 is 2.25 bits per heavy atom. The first-order valence-corrected chi connectivity index (χ1v) is 3.65. The van der Waals surface area contributed by atoms with E-state index in [1.54, 1.807) is 12.1 Å². The summed E-state index contributed by atoms with van der Waals surface area (Å²) < 4.78 is 4.90. The minimum atomic E-state index is 0.240. The Labute approximate surface area is 76.9 Å². The van der Waals surface area contributed by atoms with Gasteiger partial charge in [-0.3, -0.25) is 4.79 Å². The number of carbonyl (C=O) groups excluding carboxylic acids is 1. The molecule has 0 aliphatic heterocycles. The van der Waals surface area contributed by atoms with Gasteiger partial charge in [-0.05, 0) is 6.07 Å². The van der Waals surface area contributed by atoms with Crippen molar-refractivity contribution >= 4 is 31.2 Å². The minimum absolute atomic E-state index is 0.240. The number of hydrogen-bond donors (Lipinski definition) is 0. The van der Waals surface area contributed by atoms with Crippen molar-refractivity contribution in [1.29, 1.82) is 0 Å². The molecule has 0 bridgehead atoms. The fourth-order valence-corrected chi connectivity index (χ4v) is 1.08. The number of ether oxygens (including phenoxy) is 1. The first kappa shape index (κ1) is 9.14. The fourth-order valence-electron chi connectivity index (χ4n) is 0.880. The Morgan fingerprint density at radius 3 is 2.75 bits per heavy atom. The number of methoxy groups -OCH3 is 1. The molecule has 1 aromatic rings. The maximum absolute atomic E-state index is 10.5. The van der Waals surface area contributed by atoms with E-state index in [4.69, 9.17) is 24.2 Å². The van der Waals surface area contributed by atoms with E-state index in [0.717, 1.165) is 0 Å². The van der Waals surface area contributed by atoms with Crippen LogP contribution in [0.15, 0.2) is 12.1 Å². The number of halogens is 1. The molecule has 0 aliphatic rings. The van der Waals surface area contributed by atoms with Gasteiger partial charge in [0, 0.05) is 5.02 Å². The molecule has 60 valence electrons. The Hall–Kier alpha value is -0.955. The summed E-state index contributed by atoms with van der Waals surface area (Å²) in [5.41, 5.74) is 0.665. The number of hydrogen-bond acceptors (Lipinski definition) is 2. The van der Waals surface area contributed by atoms with Crippen molar-refractivity contribution in [2.45, 2.75) is 0 Å². The van der Waals surface area contributed by atoms with Crippen LogP contribution in [0.4, 0.5) is 0 Å². The Kier molecular flexibility index (Phi) is 2.76. The van der Waals surface area contributed by atoms with Gasteiger partial charge in [0.25, 0.3) is 0 Å². The second kappa shape index (κ2) is 3.63. The molecule has 4 heteroatoms. The van der Waals surface area contributed by atoms with Gasteiger partial charge < -0.3 is 4.74 Å². The van der Waals surface area contributed by atoms with Crippen molar-refractivity contribution in [3.8, 4) is 5.75 Å². The summed E-state index contributed by atoms with van der Waals surface area (Å²) in [6.07, 6.45) is 0.623. The molecule has 0 unspecified atom stereocenters. The largest absolute Gasteiger partial charge is 0.496 e. The first-order chi connectivity index (χ1) is 5.70. The van der Waals surface area contributed by atoms with Crippen LogP contribution in [0.2, 0.25) is 5.02 Å². The van der Waals surface area contributed by atoms with Crippen LogP contribution in [0.5, 0.6) is 5.75 Å². The molecular formula is C8H6BClO2. The lowest BCUT2D eigenvalue weighted by Crippen LogP contribution is -2.07. The van der Waals surface area contributed by atoms with Crippen LogP contribution in [0.1, 0.15) is 10.4 Å². The highest BCUT2D eigenvalue weighted by Gasteiger charge is 2.07. The predicted octanol–water partition coefficient (Wildman–Crippen LogP) is 0.955. The van der Waals surface area contributed by atoms with E-state index >= 15 is 0 Å². The molecule has 2 nitrogen and oxygen atoms in total. The molecule has 12 heavy (non-hydrogen) atoms. The summed E-state index contributed by atoms with van der Waals surface area (Å²) in [7, 11) is 6.94. The minimum Gasteiger partial charge on any atom is -0.496 e. The summed E-state index contributed by atoms with van der Waals surface area (Å²) in [5, 5.41) is 0.240. The number of rotatable bonds is 2. The summed E-state index contributed by atoms with van der Waals surface area (Å²) >= 11 is 5.74. The van der Waals surface area contributed by atoms with E-state index in [1.807, 2.05) is 0 Å². The quantitative estimate of drug-likeness (QED) is 0.500. The highest BCUT2D eigenvalue weighted by Crippen LogP contribution is 2.21. The van der Waals surface area contributed by atoms with Gasteiger partial charge in [-0.2, -0.15) is 0 Å². The van der Waals surface area contributed by atoms with Crippen molar-refractivity contribution in [1.82, 2.24) is 0 Å². The Bertz CT molecular complexity index is 312. The highest BCUT2D eigenvalue weighted by molar-refractivity contribution is 6.46. The van der Waals surface area contributed by atoms with Gasteiger partial charge in [-0.1, -0.05) is 23.1 Å². The van der Waals surface area contributed by atoms with Crippen molar-refractivity contribution in [2.24, 2.45) is 0 Å². The van der Waals surface area contributed by atoms with Crippen molar-refractivity contribution in [2.75, 3.05) is 7.11 Å². The van der Waals surface area contributed by atoms with Crippen LogP contribution in [-0.2, 0) is 0 Å². The van der Waals surface area contributed by atoms with E-state index in [9.17, 15) is 4.79 Å². The Balaban J connectivity index is 3.35. The summed E-state index contributed by atoms with van der Waals surface area (Å²) in [5.74, 6) is 0.434. The van der Waals surface area contributed by atoms with Gasteiger partial charge in [0.05, 0.1) is 12.7 Å². The number of carbonyl (C=O) groups is 1. The molecule has 1 rings (SSSR count). The SMILES string of the molecule is [B]c1ccc(OC)c(C=O)c1Cl. The molecule has 1 aromatic carbocycles. The van der Waals surface area contributed by atoms with Crippen LogP contribution in [0, 0.1) is 0 Å². The molecule has 0 fully saturated rings. The summed E-state index contributed by atoms with van der Waals surface area (Å²) in [6, 6.07) is 3.19. The van der Waals surface area contributed by atoms with Gasteiger partial charge in [0.15, 0.2) is 6.29 Å². The Morgan fingerprint density at radius 1 is 1.58 bits per heavy atom. The van der Waals surface area contributed by atoms with Crippen LogP contribution < -0.4 is 10.2 Å². The molecular weight excluding hydrogens is 174 g/mol. The zero-order valence-corrected chi connectivity index (χ0v) is 7.26. The predicted molar refractivity (Wildman–Crippen MR) is 48.8 cm³/mol. The average molecular weight is 180 g/mol. The molecule has 0 saturated heterocycles. The van der Waals surface area contributed by atoms with Gasteiger partial charge >= 0.3 is 0 Å². The van der Waals surface area contributed by atoms with Crippen LogP contribution >= 0.6 is 11.6 Å². The first-order valence-electron chi connectivity index (χ1n) is 3.28. The van der Waals surface area contributed by atoms with E-state index in [-0.39, 0.29) is 5.02 Å². The highest BCUT2D eigenvalue weighted by atomic mass is 35.5. The van der Waals surface area contributed by atoms with Crippen LogP contribution in [0.25, 0.3) is 0 Å². The van der Waals surface area contributed by atoms with E-state index in [2.05, 4.69) is 0 Å². The molecule has 0 atom stereocenters. The van der Waals surface area contributed by atoms with Gasteiger partial charge in [0.1, 0.15) is 13.6 Å². The van der Waals surface area contributed by atoms with E-state index in [1.165, 1.54) is 7.11 Å². The van der Waals surface area contributed by atoms with E-state index in [0.29, 0.717) is 23.1 Å². The van der Waals surface area contributed by atoms with Gasteiger partial charge in [-0.25, -0.2) is 0 Å². The van der Waals surface area contributed by atoms with Crippen molar-refractivity contribution in [3.05, 3.63) is 22.7 Å². The molecule has 0 N–H and O–H groups in total. The summed E-state index contributed by atoms with van der Waals surface area (Å²) in [6.45, 7) is 0. The number of benzene rings is 1. The zero-order chi connectivity index (χ0) is 9.14. The van der Waals surface area contributed by atoms with Crippen LogP contribution in [0.3, 0.4) is 0 Å². The average Bonchev–Trinajstić information content (AvgIpc) is 2.09. The third kappa shape index (κ3) is 1.46. The smallest absolute Gasteiger partial charge is 0.155 e. The molecule has 0 spiro atoms. The summed E-state index contributed by atoms with van der Waals surface area (Å²) in [4.78, 5) is 10.5. The zero-order valence-electron chi connectivity index (χ0n) is 6.50.